The molecule has 9 heteroatoms. The Kier molecular flexibility index (Phi) is 25.4. The van der Waals surface area contributed by atoms with Crippen LogP contribution in [-0.2, 0) is 45.9 Å². The number of hydrogen-bond acceptors (Lipinski definition) is 6. The fraction of sp³-hybridized carbons (Fsp3) is 0.583. The molecule has 0 radical (unpaired) electrons. The van der Waals surface area contributed by atoms with Crippen molar-refractivity contribution in [3.8, 4) is 0 Å². The van der Waals surface area contributed by atoms with E-state index in [0.29, 0.717) is 34.7 Å². The first-order valence-electron chi connectivity index (χ1n) is 22.0. The van der Waals surface area contributed by atoms with Gasteiger partial charge in [-0.25, -0.2) is 16.8 Å². The summed E-state index contributed by atoms with van der Waals surface area (Å²) in [5.74, 6) is 0. The largest absolute Gasteiger partial charge is 2.00 e. The SMILES string of the molecule is CCCCCCCc1ccc2cccc(CCCCCCC)c2c1S(=O)(=O)[O-].CCCCCCCc1ccc2cccc(CCCCCCC)c2c1S(=O)(=O)[O-].[Ca+2]. The maximum atomic E-state index is 12.2. The van der Waals surface area contributed by atoms with Crippen LogP contribution in [0.15, 0.2) is 70.5 Å². The summed E-state index contributed by atoms with van der Waals surface area (Å²) in [6.45, 7) is 8.74. The zero-order valence-electron chi connectivity index (χ0n) is 35.7. The predicted octanol–water partition coefficient (Wildman–Crippen LogP) is 13.2. The van der Waals surface area contributed by atoms with Gasteiger partial charge in [0.15, 0.2) is 0 Å². The van der Waals surface area contributed by atoms with Gasteiger partial charge in [-0.1, -0.05) is 191 Å². The van der Waals surface area contributed by atoms with Crippen molar-refractivity contribution in [1.82, 2.24) is 0 Å². The Morgan fingerprint density at radius 1 is 0.368 bits per heavy atom. The summed E-state index contributed by atoms with van der Waals surface area (Å²) in [5, 5.41) is 3.04. The van der Waals surface area contributed by atoms with Crippen LogP contribution in [0.2, 0.25) is 0 Å². The van der Waals surface area contributed by atoms with Gasteiger partial charge in [0.1, 0.15) is 20.2 Å². The molecule has 0 amide bonds. The van der Waals surface area contributed by atoms with Crippen molar-refractivity contribution in [2.45, 2.75) is 192 Å². The van der Waals surface area contributed by atoms with Crippen molar-refractivity contribution < 1.29 is 25.9 Å². The van der Waals surface area contributed by atoms with Crippen molar-refractivity contribution in [2.75, 3.05) is 0 Å². The molecular weight excluding hydrogens is 777 g/mol. The van der Waals surface area contributed by atoms with E-state index in [1.54, 1.807) is 0 Å². The number of fused-ring (bicyclic) bond motifs is 2. The van der Waals surface area contributed by atoms with Gasteiger partial charge in [0.05, 0.1) is 9.79 Å². The van der Waals surface area contributed by atoms with Crippen molar-refractivity contribution in [2.24, 2.45) is 0 Å². The summed E-state index contributed by atoms with van der Waals surface area (Å²) in [6, 6.07) is 19.4. The minimum Gasteiger partial charge on any atom is -0.744 e. The van der Waals surface area contributed by atoms with Crippen LogP contribution in [0, 0.1) is 0 Å². The molecule has 0 aromatic heterocycles. The van der Waals surface area contributed by atoms with Gasteiger partial charge in [0, 0.05) is 10.8 Å². The molecule has 0 heterocycles. The Balaban J connectivity index is 0.000000387. The fourth-order valence-electron chi connectivity index (χ4n) is 7.98. The molecule has 0 aliphatic heterocycles. The Bertz CT molecular complexity index is 1830. The number of rotatable bonds is 26. The normalized spacial score (nSPS) is 11.8. The second kappa shape index (κ2) is 28.1. The summed E-state index contributed by atoms with van der Waals surface area (Å²) in [7, 11) is -9.04. The third-order valence-electron chi connectivity index (χ3n) is 11.0. The van der Waals surface area contributed by atoms with Gasteiger partial charge in [0.25, 0.3) is 0 Å². The van der Waals surface area contributed by atoms with Crippen LogP contribution in [-0.4, -0.2) is 63.7 Å². The van der Waals surface area contributed by atoms with Crippen molar-refractivity contribution in [1.29, 1.82) is 0 Å². The second-order valence-electron chi connectivity index (χ2n) is 15.7. The number of aryl methyl sites for hydroxylation is 4. The zero-order chi connectivity index (χ0) is 40.8. The van der Waals surface area contributed by atoms with Gasteiger partial charge in [-0.05, 0) is 84.4 Å². The van der Waals surface area contributed by atoms with E-state index in [1.807, 2.05) is 60.7 Å². The summed E-state index contributed by atoms with van der Waals surface area (Å²) >= 11 is 0. The Morgan fingerprint density at radius 2 is 0.649 bits per heavy atom. The summed E-state index contributed by atoms with van der Waals surface area (Å²) < 4.78 is 73.3. The van der Waals surface area contributed by atoms with Crippen molar-refractivity contribution in [3.05, 3.63) is 82.9 Å². The standard InChI is InChI=1S/2C24H36O3S.Ca/c2*1-3-5-7-9-11-14-20-16-13-17-21-18-19-22(15-12-10-8-6-4-2)24(23(20)21)28(25,26)27;/h2*13,16-19H,3-12,14-15H2,1-2H3,(H,25,26,27);/q;;+2/p-2. The van der Waals surface area contributed by atoms with Crippen LogP contribution >= 0.6 is 0 Å². The third kappa shape index (κ3) is 17.5. The van der Waals surface area contributed by atoms with E-state index in [0.717, 1.165) is 98.9 Å². The molecular formula is C48H70CaO6S2. The minimum atomic E-state index is -4.52. The smallest absolute Gasteiger partial charge is 0.744 e. The van der Waals surface area contributed by atoms with Crippen LogP contribution in [0.4, 0.5) is 0 Å². The first kappa shape index (κ1) is 51.6. The van der Waals surface area contributed by atoms with Crippen LogP contribution in [0.5, 0.6) is 0 Å². The topological polar surface area (TPSA) is 114 Å². The Labute approximate surface area is 376 Å². The number of hydrogen-bond donors (Lipinski definition) is 0. The maximum absolute atomic E-state index is 12.2. The molecule has 0 fully saturated rings. The maximum Gasteiger partial charge on any atom is 2.00 e. The van der Waals surface area contributed by atoms with Crippen LogP contribution in [0.3, 0.4) is 0 Å². The molecule has 4 aromatic carbocycles. The van der Waals surface area contributed by atoms with Crippen molar-refractivity contribution in [3.63, 3.8) is 0 Å². The van der Waals surface area contributed by atoms with E-state index in [2.05, 4.69) is 27.7 Å². The van der Waals surface area contributed by atoms with Gasteiger partial charge in [-0.15, -0.1) is 0 Å². The van der Waals surface area contributed by atoms with E-state index in [-0.39, 0.29) is 47.5 Å². The molecule has 312 valence electrons. The van der Waals surface area contributed by atoms with Crippen LogP contribution in [0.1, 0.15) is 178 Å². The number of unbranched alkanes of at least 4 members (excludes halogenated alkanes) is 16. The van der Waals surface area contributed by atoms with E-state index < -0.39 is 20.2 Å². The molecule has 0 unspecified atom stereocenters. The molecule has 0 saturated heterocycles. The number of benzene rings is 4. The fourth-order valence-corrected chi connectivity index (χ4v) is 9.96. The first-order chi connectivity index (χ1) is 27.0. The minimum absolute atomic E-state index is 0. The van der Waals surface area contributed by atoms with Crippen LogP contribution in [0.25, 0.3) is 21.5 Å². The average Bonchev–Trinajstić information content (AvgIpc) is 3.16. The summed E-state index contributed by atoms with van der Waals surface area (Å²) in [4.78, 5) is 0.0642. The molecule has 0 saturated carbocycles. The second-order valence-corrected chi connectivity index (χ2v) is 18.3. The third-order valence-corrected chi connectivity index (χ3v) is 13.0. The first-order valence-corrected chi connectivity index (χ1v) is 24.8. The van der Waals surface area contributed by atoms with Crippen LogP contribution < -0.4 is 0 Å². The molecule has 0 atom stereocenters. The molecule has 0 N–H and O–H groups in total. The average molecular weight is 847 g/mol. The van der Waals surface area contributed by atoms with E-state index in [1.165, 1.54) is 64.2 Å². The summed E-state index contributed by atoms with van der Waals surface area (Å²) in [6.07, 6.45) is 25.6. The molecule has 4 rings (SSSR count). The van der Waals surface area contributed by atoms with Gasteiger partial charge in [-0.2, -0.15) is 0 Å². The van der Waals surface area contributed by atoms with E-state index in [4.69, 9.17) is 0 Å². The van der Waals surface area contributed by atoms with E-state index in [9.17, 15) is 25.9 Å². The molecule has 0 aliphatic rings. The summed E-state index contributed by atoms with van der Waals surface area (Å²) in [5.41, 5.74) is 3.38. The molecule has 0 aliphatic carbocycles. The molecule has 57 heavy (non-hydrogen) atoms. The predicted molar refractivity (Wildman–Crippen MR) is 239 cm³/mol. The Hall–Kier alpha value is -1.52. The quantitative estimate of drug-likeness (QED) is 0.0353. The monoisotopic (exact) mass is 846 g/mol. The van der Waals surface area contributed by atoms with Crippen molar-refractivity contribution >= 4 is 79.5 Å². The molecule has 6 nitrogen and oxygen atoms in total. The molecule has 4 aromatic rings. The molecule has 0 spiro atoms. The molecule has 0 bridgehead atoms. The van der Waals surface area contributed by atoms with E-state index >= 15 is 0 Å². The zero-order valence-corrected chi connectivity index (χ0v) is 39.6. The van der Waals surface area contributed by atoms with Gasteiger partial charge < -0.3 is 9.11 Å². The van der Waals surface area contributed by atoms with Gasteiger partial charge >= 0.3 is 37.7 Å². The van der Waals surface area contributed by atoms with Gasteiger partial charge in [0.2, 0.25) is 0 Å². The van der Waals surface area contributed by atoms with Gasteiger partial charge in [-0.3, -0.25) is 0 Å². The Morgan fingerprint density at radius 3 is 0.930 bits per heavy atom.